The number of nitrogens with zero attached hydrogens (tertiary/aromatic N) is 4. The fourth-order valence-electron chi connectivity index (χ4n) is 1.59. The Hall–Kier alpha value is -2.76. The van der Waals surface area contributed by atoms with E-state index in [1.54, 1.807) is 49.1 Å². The molecule has 0 bridgehead atoms. The summed E-state index contributed by atoms with van der Waals surface area (Å²) in [5, 5.41) is 15.9. The van der Waals surface area contributed by atoms with Gasteiger partial charge in [0.2, 0.25) is 0 Å². The average Bonchev–Trinajstić information content (AvgIpc) is 2.83. The Kier molecular flexibility index (Phi) is 2.45. The first-order valence-corrected chi connectivity index (χ1v) is 5.26. The second kappa shape index (κ2) is 4.25. The SMILES string of the molecule is [O-][n+]1c(-c2ccncc2)noc1-c1ccncc1. The molecule has 0 aliphatic heterocycles. The normalized spacial score (nSPS) is 10.4. The monoisotopic (exact) mass is 240 g/mol. The smallest absolute Gasteiger partial charge is 0.383 e. The van der Waals surface area contributed by atoms with Gasteiger partial charge in [0.05, 0.1) is 11.1 Å². The van der Waals surface area contributed by atoms with Crippen LogP contribution in [0, 0.1) is 5.21 Å². The molecule has 3 rings (SSSR count). The van der Waals surface area contributed by atoms with Gasteiger partial charge in [-0.05, 0) is 24.3 Å². The van der Waals surface area contributed by atoms with Gasteiger partial charge < -0.3 is 5.21 Å². The van der Waals surface area contributed by atoms with Gasteiger partial charge in [-0.25, -0.2) is 4.52 Å². The maximum atomic E-state index is 12.1. The van der Waals surface area contributed by atoms with E-state index in [0.29, 0.717) is 15.9 Å². The molecule has 0 saturated carbocycles. The average molecular weight is 240 g/mol. The van der Waals surface area contributed by atoms with Crippen molar-refractivity contribution < 1.29 is 9.25 Å². The fraction of sp³-hybridized carbons (Fsp3) is 0. The van der Waals surface area contributed by atoms with Gasteiger partial charge in [0.15, 0.2) is 5.16 Å². The first-order chi connectivity index (χ1) is 8.86. The van der Waals surface area contributed by atoms with E-state index < -0.39 is 0 Å². The maximum absolute atomic E-state index is 12.1. The topological polar surface area (TPSA) is 78.8 Å². The summed E-state index contributed by atoms with van der Waals surface area (Å²) < 4.78 is 5.75. The van der Waals surface area contributed by atoms with Crippen molar-refractivity contribution in [1.29, 1.82) is 0 Å². The summed E-state index contributed by atoms with van der Waals surface area (Å²) >= 11 is 0. The Morgan fingerprint density at radius 2 is 1.44 bits per heavy atom. The molecule has 18 heavy (non-hydrogen) atoms. The van der Waals surface area contributed by atoms with Crippen LogP contribution in [0.4, 0.5) is 0 Å². The van der Waals surface area contributed by atoms with E-state index in [2.05, 4.69) is 15.1 Å². The lowest BCUT2D eigenvalue weighted by molar-refractivity contribution is -0.585. The second-order valence-electron chi connectivity index (χ2n) is 3.58. The minimum Gasteiger partial charge on any atom is -0.708 e. The standard InChI is InChI=1S/C12H8N4O2/c17-16-11(9-1-5-13-6-2-9)15-18-12(16)10-3-7-14-8-4-10/h1-8H. The fourth-order valence-corrected chi connectivity index (χ4v) is 1.59. The first kappa shape index (κ1) is 10.4. The summed E-state index contributed by atoms with van der Waals surface area (Å²) in [6, 6.07) is 6.77. The molecule has 0 amide bonds. The van der Waals surface area contributed by atoms with Gasteiger partial charge in [0.1, 0.15) is 0 Å². The van der Waals surface area contributed by atoms with Gasteiger partial charge in [0, 0.05) is 24.8 Å². The van der Waals surface area contributed by atoms with Crippen molar-refractivity contribution in [3.63, 3.8) is 0 Å². The van der Waals surface area contributed by atoms with Crippen molar-refractivity contribution in [2.75, 3.05) is 0 Å². The van der Waals surface area contributed by atoms with Crippen LogP contribution in [0.3, 0.4) is 0 Å². The molecule has 0 aliphatic rings. The third-order valence-corrected chi connectivity index (χ3v) is 2.46. The molecule has 0 spiro atoms. The minimum absolute atomic E-state index is 0.143. The predicted molar refractivity (Wildman–Crippen MR) is 61.9 cm³/mol. The lowest BCUT2D eigenvalue weighted by Crippen LogP contribution is -2.29. The molecule has 88 valence electrons. The molecule has 0 unspecified atom stereocenters. The van der Waals surface area contributed by atoms with Crippen molar-refractivity contribution in [1.82, 2.24) is 15.1 Å². The molecule has 0 N–H and O–H groups in total. The summed E-state index contributed by atoms with van der Waals surface area (Å²) in [4.78, 5) is 7.77. The van der Waals surface area contributed by atoms with E-state index >= 15 is 0 Å². The molecular weight excluding hydrogens is 232 g/mol. The van der Waals surface area contributed by atoms with Crippen LogP contribution in [0.15, 0.2) is 53.6 Å². The lowest BCUT2D eigenvalue weighted by atomic mass is 10.2. The maximum Gasteiger partial charge on any atom is 0.383 e. The quantitative estimate of drug-likeness (QED) is 0.500. The van der Waals surface area contributed by atoms with Crippen LogP contribution in [0.2, 0.25) is 0 Å². The molecular formula is C12H8N4O2. The number of hydrogen-bond donors (Lipinski definition) is 0. The highest BCUT2D eigenvalue weighted by atomic mass is 16.5. The second-order valence-corrected chi connectivity index (χ2v) is 3.58. The molecule has 3 heterocycles. The Balaban J connectivity index is 2.09. The van der Waals surface area contributed by atoms with Crippen molar-refractivity contribution in [3.8, 4) is 22.8 Å². The van der Waals surface area contributed by atoms with Crippen LogP contribution >= 0.6 is 0 Å². The Morgan fingerprint density at radius 1 is 0.889 bits per heavy atom. The molecule has 0 radical (unpaired) electrons. The molecule has 3 aromatic heterocycles. The van der Waals surface area contributed by atoms with Crippen LogP contribution in [-0.4, -0.2) is 15.1 Å². The van der Waals surface area contributed by atoms with Crippen LogP contribution in [0.25, 0.3) is 22.8 Å². The zero-order valence-corrected chi connectivity index (χ0v) is 9.22. The van der Waals surface area contributed by atoms with E-state index in [1.165, 1.54) is 0 Å². The van der Waals surface area contributed by atoms with Crippen molar-refractivity contribution in [2.24, 2.45) is 0 Å². The van der Waals surface area contributed by atoms with Gasteiger partial charge in [-0.2, -0.15) is 4.73 Å². The third kappa shape index (κ3) is 1.69. The number of aromatic nitrogens is 4. The molecule has 3 aromatic rings. The van der Waals surface area contributed by atoms with Crippen LogP contribution in [-0.2, 0) is 0 Å². The summed E-state index contributed by atoms with van der Waals surface area (Å²) in [5.41, 5.74) is 1.29. The summed E-state index contributed by atoms with van der Waals surface area (Å²) in [5.74, 6) is 0.355. The van der Waals surface area contributed by atoms with Gasteiger partial charge in [-0.3, -0.25) is 9.97 Å². The van der Waals surface area contributed by atoms with Gasteiger partial charge in [0.25, 0.3) is 0 Å². The number of pyridine rings is 2. The largest absolute Gasteiger partial charge is 0.708 e. The molecule has 0 aliphatic carbocycles. The molecule has 6 nitrogen and oxygen atoms in total. The number of rotatable bonds is 2. The molecule has 0 atom stereocenters. The summed E-state index contributed by atoms with van der Waals surface area (Å²) in [6.45, 7) is 0. The molecule has 0 saturated heterocycles. The summed E-state index contributed by atoms with van der Waals surface area (Å²) in [7, 11) is 0. The lowest BCUT2D eigenvalue weighted by Gasteiger charge is -2.01. The van der Waals surface area contributed by atoms with E-state index in [0.717, 1.165) is 0 Å². The zero-order chi connectivity index (χ0) is 12.4. The Morgan fingerprint density at radius 3 is 2.06 bits per heavy atom. The Bertz CT molecular complexity index is 595. The van der Waals surface area contributed by atoms with E-state index in [1.807, 2.05) is 0 Å². The highest BCUT2D eigenvalue weighted by Crippen LogP contribution is 2.18. The van der Waals surface area contributed by atoms with Gasteiger partial charge in [-0.15, -0.1) is 0 Å². The molecule has 6 heteroatoms. The Labute approximate surface area is 102 Å². The predicted octanol–water partition coefficient (Wildman–Crippen LogP) is 1.43. The molecule has 0 fully saturated rings. The van der Waals surface area contributed by atoms with Gasteiger partial charge in [-0.1, -0.05) is 0 Å². The third-order valence-electron chi connectivity index (χ3n) is 2.46. The highest BCUT2D eigenvalue weighted by Gasteiger charge is 2.22. The van der Waals surface area contributed by atoms with E-state index in [4.69, 9.17) is 4.52 Å². The first-order valence-electron chi connectivity index (χ1n) is 5.26. The summed E-state index contributed by atoms with van der Waals surface area (Å²) in [6.07, 6.45) is 6.36. The minimum atomic E-state index is 0.143. The van der Waals surface area contributed by atoms with Crippen molar-refractivity contribution >= 4 is 0 Å². The van der Waals surface area contributed by atoms with Gasteiger partial charge >= 0.3 is 11.7 Å². The van der Waals surface area contributed by atoms with E-state index in [9.17, 15) is 5.21 Å². The van der Waals surface area contributed by atoms with Crippen molar-refractivity contribution in [2.45, 2.75) is 0 Å². The number of hydrogen-bond acceptors (Lipinski definition) is 5. The highest BCUT2D eigenvalue weighted by molar-refractivity contribution is 5.53. The van der Waals surface area contributed by atoms with Crippen LogP contribution < -0.4 is 4.73 Å². The van der Waals surface area contributed by atoms with Crippen LogP contribution in [0.5, 0.6) is 0 Å². The zero-order valence-electron chi connectivity index (χ0n) is 9.22. The molecule has 0 aromatic carbocycles. The van der Waals surface area contributed by atoms with E-state index in [-0.39, 0.29) is 11.7 Å². The van der Waals surface area contributed by atoms with Crippen LogP contribution in [0.1, 0.15) is 0 Å². The van der Waals surface area contributed by atoms with Crippen molar-refractivity contribution in [3.05, 3.63) is 54.3 Å².